The second kappa shape index (κ2) is 2.94. The maximum absolute atomic E-state index is 2.70. The Morgan fingerprint density at radius 2 is 1.59 bits per heavy atom. The summed E-state index contributed by atoms with van der Waals surface area (Å²) < 4.78 is 0. The molecule has 94 valence electrons. The molecule has 0 aromatic carbocycles. The van der Waals surface area contributed by atoms with Gasteiger partial charge in [0, 0.05) is 0 Å². The fraction of sp³-hybridized carbons (Fsp3) is 1.00. The van der Waals surface area contributed by atoms with Crippen molar-refractivity contribution in [3.05, 3.63) is 0 Å². The van der Waals surface area contributed by atoms with Crippen LogP contribution in [0.15, 0.2) is 0 Å². The highest BCUT2D eigenvalue weighted by Gasteiger charge is 2.66. The van der Waals surface area contributed by atoms with E-state index in [1.807, 2.05) is 0 Å². The van der Waals surface area contributed by atoms with Gasteiger partial charge in [-0.05, 0) is 91.8 Å². The zero-order valence-electron chi connectivity index (χ0n) is 11.2. The molecule has 0 amide bonds. The monoisotopic (exact) mass is 230 g/mol. The van der Waals surface area contributed by atoms with Crippen LogP contribution < -0.4 is 0 Å². The van der Waals surface area contributed by atoms with Gasteiger partial charge in [0.05, 0.1) is 0 Å². The third-order valence-electron chi connectivity index (χ3n) is 8.20. The molecule has 0 aromatic heterocycles. The molecular weight excluding hydrogens is 204 g/mol. The van der Waals surface area contributed by atoms with Crippen molar-refractivity contribution in [2.75, 3.05) is 0 Å². The minimum Gasteiger partial charge on any atom is -0.0591 e. The van der Waals surface area contributed by atoms with Crippen molar-refractivity contribution >= 4 is 0 Å². The van der Waals surface area contributed by atoms with Crippen LogP contribution in [0.25, 0.3) is 0 Å². The van der Waals surface area contributed by atoms with E-state index in [9.17, 15) is 0 Å². The number of hydrogen-bond acceptors (Lipinski definition) is 0. The van der Waals surface area contributed by atoms with Gasteiger partial charge in [0.2, 0.25) is 0 Å². The summed E-state index contributed by atoms with van der Waals surface area (Å²) in [4.78, 5) is 0. The number of fused-ring (bicyclic) bond motifs is 9. The lowest BCUT2D eigenvalue weighted by molar-refractivity contribution is -0.0246. The fourth-order valence-corrected chi connectivity index (χ4v) is 7.50. The second-order valence-electron chi connectivity index (χ2n) is 8.43. The lowest BCUT2D eigenvalue weighted by atomic mass is 9.54. The smallest absolute Gasteiger partial charge is 0.0264 e. The lowest BCUT2D eigenvalue weighted by Crippen LogP contribution is -2.44. The van der Waals surface area contributed by atoms with E-state index in [0.29, 0.717) is 0 Å². The van der Waals surface area contributed by atoms with E-state index in [0.717, 1.165) is 17.3 Å². The Labute approximate surface area is 106 Å². The van der Waals surface area contributed by atoms with Crippen LogP contribution in [0.1, 0.15) is 58.3 Å². The van der Waals surface area contributed by atoms with Crippen LogP contribution in [-0.4, -0.2) is 0 Å². The van der Waals surface area contributed by atoms with E-state index < -0.39 is 0 Å². The first-order valence-corrected chi connectivity index (χ1v) is 8.27. The molecule has 0 saturated heterocycles. The highest BCUT2D eigenvalue weighted by atomic mass is 14.7. The molecule has 0 N–H and O–H groups in total. The van der Waals surface area contributed by atoms with Crippen molar-refractivity contribution in [2.24, 2.45) is 46.8 Å². The van der Waals surface area contributed by atoms with Crippen molar-refractivity contribution in [3.8, 4) is 0 Å². The van der Waals surface area contributed by atoms with Crippen LogP contribution in [0.5, 0.6) is 0 Å². The topological polar surface area (TPSA) is 0 Å². The summed E-state index contributed by atoms with van der Waals surface area (Å²) in [6.45, 7) is 2.70. The average molecular weight is 230 g/mol. The van der Waals surface area contributed by atoms with Crippen molar-refractivity contribution in [1.29, 1.82) is 0 Å². The van der Waals surface area contributed by atoms with E-state index in [2.05, 4.69) is 6.92 Å². The summed E-state index contributed by atoms with van der Waals surface area (Å²) in [6.07, 6.45) is 12.8. The first kappa shape index (κ1) is 9.87. The van der Waals surface area contributed by atoms with E-state index in [1.54, 1.807) is 44.9 Å². The largest absolute Gasteiger partial charge is 0.0591 e. The van der Waals surface area contributed by atoms with Gasteiger partial charge in [0.15, 0.2) is 0 Å². The van der Waals surface area contributed by atoms with Crippen molar-refractivity contribution < 1.29 is 0 Å². The molecule has 0 nitrogen and oxygen atoms in total. The van der Waals surface area contributed by atoms with Crippen LogP contribution in [0.2, 0.25) is 0 Å². The zero-order chi connectivity index (χ0) is 11.2. The zero-order valence-corrected chi connectivity index (χ0v) is 11.2. The van der Waals surface area contributed by atoms with Crippen LogP contribution in [0, 0.1) is 46.8 Å². The predicted molar refractivity (Wildman–Crippen MR) is 69.5 cm³/mol. The summed E-state index contributed by atoms with van der Waals surface area (Å²) in [7, 11) is 0. The van der Waals surface area contributed by atoms with Gasteiger partial charge < -0.3 is 0 Å². The molecule has 0 radical (unpaired) electrons. The van der Waals surface area contributed by atoms with Gasteiger partial charge >= 0.3 is 0 Å². The molecule has 17 heavy (non-hydrogen) atoms. The van der Waals surface area contributed by atoms with Gasteiger partial charge in [0.1, 0.15) is 0 Å². The SMILES string of the molecule is CC1(C2CCC2)CC2CC1C1C3CCC(C3)C21. The normalized spacial score (nSPS) is 64.1. The summed E-state index contributed by atoms with van der Waals surface area (Å²) in [5.74, 6) is 8.26. The summed E-state index contributed by atoms with van der Waals surface area (Å²) in [6, 6.07) is 0. The Hall–Kier alpha value is 0. The molecule has 0 aliphatic heterocycles. The van der Waals surface area contributed by atoms with Crippen LogP contribution in [0.3, 0.4) is 0 Å². The van der Waals surface area contributed by atoms with Gasteiger partial charge in [-0.2, -0.15) is 0 Å². The molecule has 7 unspecified atom stereocenters. The molecule has 5 fully saturated rings. The quantitative estimate of drug-likeness (QED) is 0.582. The van der Waals surface area contributed by atoms with Gasteiger partial charge in [-0.3, -0.25) is 0 Å². The summed E-state index contributed by atoms with van der Waals surface area (Å²) in [5.41, 5.74) is 0.800. The van der Waals surface area contributed by atoms with Gasteiger partial charge in [0.25, 0.3) is 0 Å². The van der Waals surface area contributed by atoms with Gasteiger partial charge in [-0.25, -0.2) is 0 Å². The van der Waals surface area contributed by atoms with Crippen molar-refractivity contribution in [1.82, 2.24) is 0 Å². The highest BCUT2D eigenvalue weighted by Crippen LogP contribution is 2.74. The van der Waals surface area contributed by atoms with Gasteiger partial charge in [-0.15, -0.1) is 0 Å². The van der Waals surface area contributed by atoms with E-state index in [4.69, 9.17) is 0 Å². The van der Waals surface area contributed by atoms with Crippen molar-refractivity contribution in [2.45, 2.75) is 58.3 Å². The molecule has 0 spiro atoms. The van der Waals surface area contributed by atoms with E-state index >= 15 is 0 Å². The highest BCUT2D eigenvalue weighted by molar-refractivity contribution is 5.15. The molecule has 0 heterocycles. The maximum Gasteiger partial charge on any atom is -0.0264 e. The van der Waals surface area contributed by atoms with Crippen LogP contribution in [0.4, 0.5) is 0 Å². The van der Waals surface area contributed by atoms with E-state index in [-0.39, 0.29) is 0 Å². The first-order chi connectivity index (χ1) is 8.27. The van der Waals surface area contributed by atoms with E-state index in [1.165, 1.54) is 36.0 Å². The van der Waals surface area contributed by atoms with Crippen LogP contribution >= 0.6 is 0 Å². The minimum absolute atomic E-state index is 0.800. The fourth-order valence-electron chi connectivity index (χ4n) is 7.50. The second-order valence-corrected chi connectivity index (χ2v) is 8.43. The Morgan fingerprint density at radius 1 is 0.824 bits per heavy atom. The molecule has 0 heteroatoms. The average Bonchev–Trinajstić information content (AvgIpc) is 2.87. The summed E-state index contributed by atoms with van der Waals surface area (Å²) in [5, 5.41) is 0. The Bertz CT molecular complexity index is 355. The molecule has 7 atom stereocenters. The predicted octanol–water partition coefficient (Wildman–Crippen LogP) is 4.49. The maximum atomic E-state index is 2.70. The molecule has 5 aliphatic carbocycles. The standard InChI is InChI=1S/C17H26/c1-17(13-3-2-4-13)9-12-8-14(17)16-11-6-5-10(7-11)15(12)16/h10-16H,2-9H2,1H3. The number of rotatable bonds is 1. The molecule has 5 saturated carbocycles. The summed E-state index contributed by atoms with van der Waals surface area (Å²) >= 11 is 0. The Kier molecular flexibility index (Phi) is 1.71. The van der Waals surface area contributed by atoms with Crippen molar-refractivity contribution in [3.63, 3.8) is 0 Å². The molecule has 4 bridgehead atoms. The first-order valence-electron chi connectivity index (χ1n) is 8.27. The van der Waals surface area contributed by atoms with Gasteiger partial charge in [-0.1, -0.05) is 13.3 Å². The molecule has 5 rings (SSSR count). The Morgan fingerprint density at radius 3 is 2.29 bits per heavy atom. The minimum atomic E-state index is 0.800. The molecule has 5 aliphatic rings. The van der Waals surface area contributed by atoms with Crippen LogP contribution in [-0.2, 0) is 0 Å². The lowest BCUT2D eigenvalue weighted by Gasteiger charge is -2.51. The molecule has 0 aromatic rings. The molecular formula is C17H26. The number of hydrogen-bond donors (Lipinski definition) is 0. The third kappa shape index (κ3) is 1.00. The Balaban J connectivity index is 1.51. The third-order valence-corrected chi connectivity index (χ3v) is 8.20.